The number of thiazole rings is 1. The van der Waals surface area contributed by atoms with Crippen LogP contribution in [0.5, 0.6) is 5.75 Å². The molecule has 5 aromatic rings. The van der Waals surface area contributed by atoms with E-state index in [1.54, 1.807) is 20.1 Å². The van der Waals surface area contributed by atoms with Crippen LogP contribution in [0.15, 0.2) is 95.3 Å². The number of benzene rings is 3. The van der Waals surface area contributed by atoms with Crippen LogP contribution in [-0.2, 0) is 4.79 Å². The minimum Gasteiger partial charge on any atom is -0.497 e. The van der Waals surface area contributed by atoms with Gasteiger partial charge in [-0.2, -0.15) is 5.26 Å². The summed E-state index contributed by atoms with van der Waals surface area (Å²) in [6.07, 6.45) is 0. The van der Waals surface area contributed by atoms with E-state index in [0.29, 0.717) is 32.1 Å². The Morgan fingerprint density at radius 3 is 2.40 bits per heavy atom. The van der Waals surface area contributed by atoms with Crippen LogP contribution in [0.25, 0.3) is 33.6 Å². The number of carbonyl (C=O) groups is 1. The molecule has 0 spiro atoms. The van der Waals surface area contributed by atoms with Crippen molar-refractivity contribution < 1.29 is 9.53 Å². The Balaban J connectivity index is 1.44. The predicted molar refractivity (Wildman–Crippen MR) is 163 cm³/mol. The molecule has 3 aromatic carbocycles. The number of methoxy groups -OCH3 is 1. The van der Waals surface area contributed by atoms with E-state index in [2.05, 4.69) is 16.4 Å². The van der Waals surface area contributed by atoms with Gasteiger partial charge in [0.25, 0.3) is 0 Å². The molecule has 0 aliphatic carbocycles. The molecule has 0 saturated heterocycles. The first kappa shape index (κ1) is 27.4. The Hall–Kier alpha value is -4.16. The van der Waals surface area contributed by atoms with E-state index in [9.17, 15) is 10.1 Å². The highest BCUT2D eigenvalue weighted by molar-refractivity contribution is 8.00. The number of halogens is 1. The van der Waals surface area contributed by atoms with Gasteiger partial charge in [0.15, 0.2) is 5.13 Å². The first-order chi connectivity index (χ1) is 19.5. The number of amides is 1. The number of rotatable bonds is 8. The monoisotopic (exact) mass is 582 g/mol. The van der Waals surface area contributed by atoms with Gasteiger partial charge in [-0.05, 0) is 36.8 Å². The van der Waals surface area contributed by atoms with Crippen LogP contribution < -0.4 is 10.1 Å². The van der Waals surface area contributed by atoms with Crippen molar-refractivity contribution in [2.24, 2.45) is 0 Å². The van der Waals surface area contributed by atoms with Crippen molar-refractivity contribution in [3.8, 4) is 45.5 Å². The van der Waals surface area contributed by atoms with Gasteiger partial charge >= 0.3 is 0 Å². The molecule has 198 valence electrons. The van der Waals surface area contributed by atoms with Crippen molar-refractivity contribution in [3.05, 3.63) is 101 Å². The average molecular weight is 583 g/mol. The number of carbonyl (C=O) groups excluding carboxylic acids is 1. The molecule has 2 heterocycles. The maximum absolute atomic E-state index is 13.2. The minimum atomic E-state index is -0.554. The van der Waals surface area contributed by atoms with Crippen LogP contribution in [0.3, 0.4) is 0 Å². The van der Waals surface area contributed by atoms with Crippen molar-refractivity contribution in [3.63, 3.8) is 0 Å². The third-order valence-electron chi connectivity index (χ3n) is 6.11. The van der Waals surface area contributed by atoms with E-state index in [4.69, 9.17) is 21.3 Å². The molecule has 0 fully saturated rings. The van der Waals surface area contributed by atoms with Gasteiger partial charge in [-0.25, -0.2) is 9.97 Å². The summed E-state index contributed by atoms with van der Waals surface area (Å²) in [7, 11) is 1.61. The summed E-state index contributed by atoms with van der Waals surface area (Å²) in [5.74, 6) is 0.478. The summed E-state index contributed by atoms with van der Waals surface area (Å²) in [5.41, 5.74) is 5.11. The highest BCUT2D eigenvalue weighted by atomic mass is 35.5. The lowest BCUT2D eigenvalue weighted by atomic mass is 9.99. The number of nitrogens with zero attached hydrogens (tertiary/aromatic N) is 3. The van der Waals surface area contributed by atoms with Crippen molar-refractivity contribution in [1.82, 2.24) is 9.97 Å². The Labute approximate surface area is 245 Å². The third kappa shape index (κ3) is 6.02. The molecule has 40 heavy (non-hydrogen) atoms. The van der Waals surface area contributed by atoms with E-state index in [1.165, 1.54) is 23.1 Å². The molecular formula is C31H23ClN4O2S2. The zero-order valence-electron chi connectivity index (χ0n) is 21.6. The molecule has 0 aliphatic heterocycles. The van der Waals surface area contributed by atoms with Gasteiger partial charge in [-0.3, -0.25) is 4.79 Å². The molecular weight excluding hydrogens is 560 g/mol. The predicted octanol–water partition coefficient (Wildman–Crippen LogP) is 8.19. The molecule has 5 rings (SSSR count). The second-order valence-corrected chi connectivity index (χ2v) is 11.3. The van der Waals surface area contributed by atoms with Crippen LogP contribution >= 0.6 is 34.7 Å². The molecule has 1 atom stereocenters. The van der Waals surface area contributed by atoms with Crippen LogP contribution in [0, 0.1) is 11.3 Å². The molecule has 0 aliphatic rings. The topological polar surface area (TPSA) is 87.9 Å². The molecule has 1 unspecified atom stereocenters. The van der Waals surface area contributed by atoms with E-state index in [1.807, 2.05) is 84.2 Å². The fourth-order valence-electron chi connectivity index (χ4n) is 4.02. The molecule has 1 N–H and O–H groups in total. The van der Waals surface area contributed by atoms with Gasteiger partial charge in [0.1, 0.15) is 16.8 Å². The summed E-state index contributed by atoms with van der Waals surface area (Å²) in [6, 6.07) is 29.0. The van der Waals surface area contributed by atoms with Crippen LogP contribution in [0.1, 0.15) is 12.5 Å². The van der Waals surface area contributed by atoms with Gasteiger partial charge in [-0.1, -0.05) is 84.0 Å². The fourth-order valence-corrected chi connectivity index (χ4v) is 5.89. The zero-order chi connectivity index (χ0) is 28.1. The number of nitrogens with one attached hydrogen (secondary N) is 1. The van der Waals surface area contributed by atoms with E-state index in [0.717, 1.165) is 28.0 Å². The number of hydrogen-bond donors (Lipinski definition) is 1. The quantitative estimate of drug-likeness (QED) is 0.186. The summed E-state index contributed by atoms with van der Waals surface area (Å²) in [4.78, 5) is 22.6. The second-order valence-electron chi connectivity index (χ2n) is 8.71. The van der Waals surface area contributed by atoms with Crippen molar-refractivity contribution in [2.75, 3.05) is 12.4 Å². The molecule has 2 aromatic heterocycles. The SMILES string of the molecule is COc1ccc(-c2cc(-c3ccccc3)nc(SC(C)C(=O)Nc3nc(-c4ccccc4Cl)cs3)c2C#N)cc1. The highest BCUT2D eigenvalue weighted by Crippen LogP contribution is 2.37. The third-order valence-corrected chi connectivity index (χ3v) is 8.28. The molecule has 0 radical (unpaired) electrons. The second kappa shape index (κ2) is 12.3. The molecule has 9 heteroatoms. The first-order valence-corrected chi connectivity index (χ1v) is 14.4. The summed E-state index contributed by atoms with van der Waals surface area (Å²) >= 11 is 8.87. The molecule has 0 bridgehead atoms. The minimum absolute atomic E-state index is 0.244. The summed E-state index contributed by atoms with van der Waals surface area (Å²) in [5, 5.41) is 15.9. The average Bonchev–Trinajstić information content (AvgIpc) is 3.45. The zero-order valence-corrected chi connectivity index (χ0v) is 24.0. The fraction of sp³-hybridized carbons (Fsp3) is 0.0968. The molecule has 1 amide bonds. The number of hydrogen-bond acceptors (Lipinski definition) is 7. The van der Waals surface area contributed by atoms with Crippen LogP contribution in [0.2, 0.25) is 5.02 Å². The Kier molecular flexibility index (Phi) is 8.46. The van der Waals surface area contributed by atoms with Gasteiger partial charge in [-0.15, -0.1) is 11.3 Å². The maximum Gasteiger partial charge on any atom is 0.239 e. The molecule has 0 saturated carbocycles. The number of aromatic nitrogens is 2. The van der Waals surface area contributed by atoms with Crippen molar-refractivity contribution in [1.29, 1.82) is 5.26 Å². The lowest BCUT2D eigenvalue weighted by Crippen LogP contribution is -2.22. The van der Waals surface area contributed by atoms with Crippen molar-refractivity contribution in [2.45, 2.75) is 17.2 Å². The van der Waals surface area contributed by atoms with Gasteiger partial charge in [0.05, 0.1) is 29.3 Å². The number of thioether (sulfide) groups is 1. The number of nitriles is 1. The number of pyridine rings is 1. The van der Waals surface area contributed by atoms with Crippen LogP contribution in [-0.4, -0.2) is 28.2 Å². The summed E-state index contributed by atoms with van der Waals surface area (Å²) < 4.78 is 5.30. The van der Waals surface area contributed by atoms with Crippen molar-refractivity contribution >= 4 is 45.7 Å². The van der Waals surface area contributed by atoms with Gasteiger partial charge in [0.2, 0.25) is 5.91 Å². The van der Waals surface area contributed by atoms with E-state index < -0.39 is 5.25 Å². The van der Waals surface area contributed by atoms with Crippen LogP contribution in [0.4, 0.5) is 5.13 Å². The normalized spacial score (nSPS) is 11.4. The number of ether oxygens (including phenoxy) is 1. The largest absolute Gasteiger partial charge is 0.497 e. The Morgan fingerprint density at radius 2 is 1.70 bits per heavy atom. The standard InChI is InChI=1S/C31H23ClN4O2S2/c1-19(29(37)36-31-35-28(18-39-31)23-10-6-7-11-26(23)32)40-30-25(17-33)24(20-12-14-22(38-2)15-13-20)16-27(34-30)21-8-4-3-5-9-21/h3-16,18-19H,1-2H3,(H,35,36,37). The van der Waals surface area contributed by atoms with E-state index in [-0.39, 0.29) is 5.91 Å². The van der Waals surface area contributed by atoms with Gasteiger partial charge in [0, 0.05) is 27.1 Å². The Bertz CT molecular complexity index is 1700. The van der Waals surface area contributed by atoms with E-state index >= 15 is 0 Å². The first-order valence-electron chi connectivity index (χ1n) is 12.3. The molecule has 6 nitrogen and oxygen atoms in total. The maximum atomic E-state index is 13.2. The highest BCUT2D eigenvalue weighted by Gasteiger charge is 2.22. The Morgan fingerprint density at radius 1 is 0.975 bits per heavy atom. The lowest BCUT2D eigenvalue weighted by Gasteiger charge is -2.15. The lowest BCUT2D eigenvalue weighted by molar-refractivity contribution is -0.115. The smallest absolute Gasteiger partial charge is 0.239 e. The van der Waals surface area contributed by atoms with Gasteiger partial charge < -0.3 is 10.1 Å². The number of anilines is 1. The summed E-state index contributed by atoms with van der Waals surface area (Å²) in [6.45, 7) is 1.79.